The highest BCUT2D eigenvalue weighted by Crippen LogP contribution is 2.25. The van der Waals surface area contributed by atoms with Gasteiger partial charge in [0.1, 0.15) is 0 Å². The van der Waals surface area contributed by atoms with Crippen LogP contribution in [0, 0.1) is 5.41 Å². The molecule has 0 bridgehead atoms. The van der Waals surface area contributed by atoms with E-state index in [1.807, 2.05) is 0 Å². The van der Waals surface area contributed by atoms with Crippen molar-refractivity contribution in [2.45, 2.75) is 0 Å². The Morgan fingerprint density at radius 3 is 2.55 bits per heavy atom. The van der Waals surface area contributed by atoms with E-state index in [0.29, 0.717) is 16.9 Å². The molecule has 0 aliphatic heterocycles. The number of nitrogens with one attached hydrogen (secondary N) is 1. The molecule has 0 saturated heterocycles. The number of hydrogen-bond donors (Lipinski definition) is 3. The average molecular weight is 214 g/mol. The summed E-state index contributed by atoms with van der Waals surface area (Å²) in [6.45, 7) is 0. The van der Waals surface area contributed by atoms with Crippen LogP contribution in [-0.4, -0.2) is 6.21 Å². The summed E-state index contributed by atoms with van der Waals surface area (Å²) in [5, 5.41) is 7.00. The lowest BCUT2D eigenvalue weighted by Gasteiger charge is -2.03. The number of rotatable bonds is 1. The van der Waals surface area contributed by atoms with Gasteiger partial charge < -0.3 is 16.9 Å². The highest BCUT2D eigenvalue weighted by Gasteiger charge is 2.01. The summed E-state index contributed by atoms with van der Waals surface area (Å²) in [5.41, 5.74) is 12.9. The summed E-state index contributed by atoms with van der Waals surface area (Å²) >= 11 is 3.23. The SMILES string of the molecule is N=Cc1cc(N)cc(Br)c1N. The van der Waals surface area contributed by atoms with Gasteiger partial charge in [0.2, 0.25) is 0 Å². The molecule has 1 aromatic carbocycles. The number of anilines is 2. The summed E-state index contributed by atoms with van der Waals surface area (Å²) in [5.74, 6) is 0. The molecular formula is C7H8BrN3. The van der Waals surface area contributed by atoms with Gasteiger partial charge in [-0.3, -0.25) is 0 Å². The van der Waals surface area contributed by atoms with Gasteiger partial charge >= 0.3 is 0 Å². The van der Waals surface area contributed by atoms with Crippen LogP contribution in [0.25, 0.3) is 0 Å². The standard InChI is InChI=1S/C7H8BrN3/c8-6-2-5(10)1-4(3-9)7(6)11/h1-3,9H,10-11H2. The quantitative estimate of drug-likeness (QED) is 0.490. The summed E-state index contributed by atoms with van der Waals surface area (Å²) in [6, 6.07) is 3.37. The van der Waals surface area contributed by atoms with Crippen molar-refractivity contribution >= 4 is 33.5 Å². The summed E-state index contributed by atoms with van der Waals surface area (Å²) < 4.78 is 0.732. The Hall–Kier alpha value is -1.03. The molecule has 0 aliphatic rings. The van der Waals surface area contributed by atoms with E-state index in [1.165, 1.54) is 6.21 Å². The van der Waals surface area contributed by atoms with Crippen molar-refractivity contribution in [1.29, 1.82) is 5.41 Å². The fourth-order valence-electron chi connectivity index (χ4n) is 0.780. The van der Waals surface area contributed by atoms with Gasteiger partial charge in [0, 0.05) is 21.9 Å². The second-order valence-electron chi connectivity index (χ2n) is 2.15. The van der Waals surface area contributed by atoms with Crippen LogP contribution in [0.3, 0.4) is 0 Å². The molecule has 0 atom stereocenters. The average Bonchev–Trinajstić information content (AvgIpc) is 1.96. The zero-order chi connectivity index (χ0) is 8.43. The van der Waals surface area contributed by atoms with E-state index in [2.05, 4.69) is 15.9 Å². The highest BCUT2D eigenvalue weighted by atomic mass is 79.9. The van der Waals surface area contributed by atoms with Gasteiger partial charge in [-0.05, 0) is 28.1 Å². The molecule has 0 aliphatic carbocycles. The Kier molecular flexibility index (Phi) is 2.14. The number of nitrogens with two attached hydrogens (primary N) is 2. The lowest BCUT2D eigenvalue weighted by Crippen LogP contribution is -1.96. The number of benzene rings is 1. The van der Waals surface area contributed by atoms with Gasteiger partial charge in [0.15, 0.2) is 0 Å². The first kappa shape index (κ1) is 8.07. The maximum atomic E-state index is 7.00. The van der Waals surface area contributed by atoms with Crippen molar-refractivity contribution < 1.29 is 0 Å². The van der Waals surface area contributed by atoms with Gasteiger partial charge in [-0.15, -0.1) is 0 Å². The van der Waals surface area contributed by atoms with Crippen LogP contribution < -0.4 is 11.5 Å². The molecular weight excluding hydrogens is 206 g/mol. The molecule has 5 N–H and O–H groups in total. The summed E-state index contributed by atoms with van der Waals surface area (Å²) in [7, 11) is 0. The molecule has 0 saturated carbocycles. The zero-order valence-corrected chi connectivity index (χ0v) is 7.35. The first-order valence-corrected chi connectivity index (χ1v) is 3.79. The van der Waals surface area contributed by atoms with E-state index >= 15 is 0 Å². The van der Waals surface area contributed by atoms with Crippen LogP contribution in [0.2, 0.25) is 0 Å². The zero-order valence-electron chi connectivity index (χ0n) is 5.76. The maximum absolute atomic E-state index is 7.00. The van der Waals surface area contributed by atoms with E-state index in [-0.39, 0.29) is 0 Å². The summed E-state index contributed by atoms with van der Waals surface area (Å²) in [6.07, 6.45) is 1.18. The molecule has 4 heteroatoms. The van der Waals surface area contributed by atoms with Crippen molar-refractivity contribution in [1.82, 2.24) is 0 Å². The lowest BCUT2D eigenvalue weighted by molar-refractivity contribution is 1.52. The van der Waals surface area contributed by atoms with Gasteiger partial charge in [0.05, 0.1) is 5.69 Å². The fourth-order valence-corrected chi connectivity index (χ4v) is 1.27. The second-order valence-corrected chi connectivity index (χ2v) is 3.00. The normalized spacial score (nSPS) is 9.55. The minimum Gasteiger partial charge on any atom is -0.399 e. The third kappa shape index (κ3) is 1.51. The van der Waals surface area contributed by atoms with Crippen LogP contribution in [-0.2, 0) is 0 Å². The Bertz CT molecular complexity index is 296. The monoisotopic (exact) mass is 213 g/mol. The highest BCUT2D eigenvalue weighted by molar-refractivity contribution is 9.10. The Balaban J connectivity index is 3.35. The van der Waals surface area contributed by atoms with E-state index in [1.54, 1.807) is 12.1 Å². The van der Waals surface area contributed by atoms with E-state index < -0.39 is 0 Å². The van der Waals surface area contributed by atoms with Gasteiger partial charge in [-0.1, -0.05) is 0 Å². The predicted molar refractivity (Wildman–Crippen MR) is 50.9 cm³/mol. The molecule has 0 radical (unpaired) electrons. The van der Waals surface area contributed by atoms with Crippen molar-refractivity contribution in [2.75, 3.05) is 11.5 Å². The fraction of sp³-hybridized carbons (Fsp3) is 0. The van der Waals surface area contributed by atoms with Crippen molar-refractivity contribution in [3.05, 3.63) is 22.2 Å². The van der Waals surface area contributed by atoms with Crippen molar-refractivity contribution in [3.63, 3.8) is 0 Å². The first-order valence-electron chi connectivity index (χ1n) is 3.00. The molecule has 0 amide bonds. The molecule has 11 heavy (non-hydrogen) atoms. The molecule has 0 aromatic heterocycles. The molecule has 0 fully saturated rings. The Morgan fingerprint density at radius 2 is 2.00 bits per heavy atom. The van der Waals surface area contributed by atoms with E-state index in [4.69, 9.17) is 16.9 Å². The second kappa shape index (κ2) is 2.92. The predicted octanol–water partition coefficient (Wildman–Crippen LogP) is 1.61. The largest absolute Gasteiger partial charge is 0.399 e. The van der Waals surface area contributed by atoms with Gasteiger partial charge in [-0.2, -0.15) is 0 Å². The minimum atomic E-state index is 0.550. The third-order valence-electron chi connectivity index (χ3n) is 1.34. The topological polar surface area (TPSA) is 75.9 Å². The molecule has 58 valence electrons. The maximum Gasteiger partial charge on any atom is 0.0548 e. The number of halogens is 1. The first-order chi connectivity index (χ1) is 5.15. The molecule has 1 rings (SSSR count). The van der Waals surface area contributed by atoms with Crippen LogP contribution in [0.5, 0.6) is 0 Å². The van der Waals surface area contributed by atoms with Crippen LogP contribution in [0.4, 0.5) is 11.4 Å². The molecule has 0 spiro atoms. The van der Waals surface area contributed by atoms with Crippen molar-refractivity contribution in [3.8, 4) is 0 Å². The molecule has 0 heterocycles. The van der Waals surface area contributed by atoms with Crippen LogP contribution >= 0.6 is 15.9 Å². The smallest absolute Gasteiger partial charge is 0.0548 e. The Morgan fingerprint density at radius 1 is 1.36 bits per heavy atom. The Labute approximate surface area is 73.0 Å². The third-order valence-corrected chi connectivity index (χ3v) is 2.00. The van der Waals surface area contributed by atoms with Gasteiger partial charge in [-0.25, -0.2) is 0 Å². The molecule has 3 nitrogen and oxygen atoms in total. The molecule has 0 unspecified atom stereocenters. The van der Waals surface area contributed by atoms with E-state index in [0.717, 1.165) is 4.47 Å². The van der Waals surface area contributed by atoms with Crippen LogP contribution in [0.15, 0.2) is 16.6 Å². The number of hydrogen-bond acceptors (Lipinski definition) is 3. The van der Waals surface area contributed by atoms with Crippen LogP contribution in [0.1, 0.15) is 5.56 Å². The van der Waals surface area contributed by atoms with E-state index in [9.17, 15) is 0 Å². The summed E-state index contributed by atoms with van der Waals surface area (Å²) in [4.78, 5) is 0. The number of nitrogen functional groups attached to an aromatic ring is 2. The molecule has 1 aromatic rings. The minimum absolute atomic E-state index is 0.550. The lowest BCUT2D eigenvalue weighted by atomic mass is 10.2. The van der Waals surface area contributed by atoms with Crippen molar-refractivity contribution in [2.24, 2.45) is 0 Å². The van der Waals surface area contributed by atoms with Gasteiger partial charge in [0.25, 0.3) is 0 Å².